The van der Waals surface area contributed by atoms with Crippen molar-refractivity contribution in [2.75, 3.05) is 19.8 Å². The van der Waals surface area contributed by atoms with Gasteiger partial charge in [0, 0.05) is 28.2 Å². The van der Waals surface area contributed by atoms with Crippen LogP contribution in [-0.4, -0.2) is 19.8 Å². The minimum absolute atomic E-state index is 0.428. The van der Waals surface area contributed by atoms with Crippen molar-refractivity contribution in [1.29, 1.82) is 0 Å². The summed E-state index contributed by atoms with van der Waals surface area (Å²) in [4.78, 5) is 0. The van der Waals surface area contributed by atoms with Crippen molar-refractivity contribution in [3.8, 4) is 0 Å². The first-order valence-electron chi connectivity index (χ1n) is 6.98. The van der Waals surface area contributed by atoms with Crippen LogP contribution in [0.4, 0.5) is 0 Å². The standard InChI is InChI=1S/C15H21Br2NO/c1-2-5-18-15(11-3-6-19-7-4-11)12-8-13(16)10-14(17)9-12/h8-11,15,18H,2-7H2,1H3. The van der Waals surface area contributed by atoms with Crippen LogP contribution in [0.1, 0.15) is 37.8 Å². The largest absolute Gasteiger partial charge is 0.381 e. The Labute approximate surface area is 132 Å². The molecule has 0 saturated carbocycles. The van der Waals surface area contributed by atoms with E-state index in [9.17, 15) is 0 Å². The van der Waals surface area contributed by atoms with Gasteiger partial charge in [-0.2, -0.15) is 0 Å². The Hall–Kier alpha value is 0.1000. The fourth-order valence-electron chi connectivity index (χ4n) is 2.66. The SMILES string of the molecule is CCCNC(c1cc(Br)cc(Br)c1)C1CCOCC1. The van der Waals surface area contributed by atoms with E-state index in [0.717, 1.165) is 48.0 Å². The zero-order valence-electron chi connectivity index (χ0n) is 11.3. The van der Waals surface area contributed by atoms with E-state index in [1.807, 2.05) is 0 Å². The summed E-state index contributed by atoms with van der Waals surface area (Å²) in [6.07, 6.45) is 3.45. The van der Waals surface area contributed by atoms with Crippen LogP contribution < -0.4 is 5.32 Å². The molecule has 1 aromatic carbocycles. The number of hydrogen-bond acceptors (Lipinski definition) is 2. The molecular formula is C15H21Br2NO. The molecule has 2 nitrogen and oxygen atoms in total. The van der Waals surface area contributed by atoms with Gasteiger partial charge < -0.3 is 10.1 Å². The summed E-state index contributed by atoms with van der Waals surface area (Å²) in [7, 11) is 0. The van der Waals surface area contributed by atoms with Crippen LogP contribution in [-0.2, 0) is 4.74 Å². The molecule has 1 atom stereocenters. The Morgan fingerprint density at radius 1 is 1.21 bits per heavy atom. The van der Waals surface area contributed by atoms with Crippen molar-refractivity contribution in [1.82, 2.24) is 5.32 Å². The van der Waals surface area contributed by atoms with E-state index in [-0.39, 0.29) is 0 Å². The first kappa shape index (κ1) is 15.5. The van der Waals surface area contributed by atoms with Gasteiger partial charge in [0.25, 0.3) is 0 Å². The smallest absolute Gasteiger partial charge is 0.0469 e. The van der Waals surface area contributed by atoms with E-state index in [1.54, 1.807) is 0 Å². The molecule has 0 amide bonds. The summed E-state index contributed by atoms with van der Waals surface area (Å²) < 4.78 is 7.75. The van der Waals surface area contributed by atoms with E-state index < -0.39 is 0 Å². The zero-order chi connectivity index (χ0) is 13.7. The summed E-state index contributed by atoms with van der Waals surface area (Å²) in [5.41, 5.74) is 1.36. The molecule has 1 fully saturated rings. The van der Waals surface area contributed by atoms with E-state index in [2.05, 4.69) is 62.3 Å². The molecule has 4 heteroatoms. The fourth-order valence-corrected chi connectivity index (χ4v) is 3.99. The second-order valence-corrected chi connectivity index (χ2v) is 6.92. The van der Waals surface area contributed by atoms with Gasteiger partial charge >= 0.3 is 0 Å². The maximum Gasteiger partial charge on any atom is 0.0469 e. The Morgan fingerprint density at radius 3 is 2.42 bits per heavy atom. The van der Waals surface area contributed by atoms with Gasteiger partial charge in [-0.15, -0.1) is 0 Å². The average molecular weight is 391 g/mol. The topological polar surface area (TPSA) is 21.3 Å². The molecule has 0 aromatic heterocycles. The molecule has 1 saturated heterocycles. The fraction of sp³-hybridized carbons (Fsp3) is 0.600. The van der Waals surface area contributed by atoms with Crippen LogP contribution in [0.5, 0.6) is 0 Å². The molecule has 106 valence electrons. The average Bonchev–Trinajstić information content (AvgIpc) is 2.39. The molecule has 0 radical (unpaired) electrons. The predicted molar refractivity (Wildman–Crippen MR) is 86.4 cm³/mol. The maximum atomic E-state index is 5.49. The number of rotatable bonds is 5. The molecule has 1 aliphatic heterocycles. The molecule has 0 aliphatic carbocycles. The minimum atomic E-state index is 0.428. The van der Waals surface area contributed by atoms with Crippen LogP contribution in [0.15, 0.2) is 27.1 Å². The van der Waals surface area contributed by atoms with Crippen molar-refractivity contribution >= 4 is 31.9 Å². The monoisotopic (exact) mass is 389 g/mol. The second kappa shape index (κ2) is 7.77. The lowest BCUT2D eigenvalue weighted by molar-refractivity contribution is 0.0536. The normalized spacial score (nSPS) is 18.5. The number of halogens is 2. The molecule has 1 aromatic rings. The Kier molecular flexibility index (Phi) is 6.33. The zero-order valence-corrected chi connectivity index (χ0v) is 14.5. The minimum Gasteiger partial charge on any atom is -0.381 e. The van der Waals surface area contributed by atoms with E-state index in [0.29, 0.717) is 12.0 Å². The van der Waals surface area contributed by atoms with Crippen LogP contribution in [0.2, 0.25) is 0 Å². The van der Waals surface area contributed by atoms with Crippen LogP contribution >= 0.6 is 31.9 Å². The second-order valence-electron chi connectivity index (χ2n) is 5.08. The Bertz CT molecular complexity index is 385. The van der Waals surface area contributed by atoms with Crippen LogP contribution in [0, 0.1) is 5.92 Å². The van der Waals surface area contributed by atoms with Gasteiger partial charge in [0.1, 0.15) is 0 Å². The van der Waals surface area contributed by atoms with Crippen LogP contribution in [0.3, 0.4) is 0 Å². The third-order valence-corrected chi connectivity index (χ3v) is 4.51. The van der Waals surface area contributed by atoms with Crippen molar-refractivity contribution in [3.63, 3.8) is 0 Å². The summed E-state index contributed by atoms with van der Waals surface area (Å²) in [5, 5.41) is 3.71. The van der Waals surface area contributed by atoms with Gasteiger partial charge in [0.05, 0.1) is 0 Å². The highest BCUT2D eigenvalue weighted by molar-refractivity contribution is 9.11. The quantitative estimate of drug-likeness (QED) is 0.787. The van der Waals surface area contributed by atoms with E-state index in [4.69, 9.17) is 4.74 Å². The summed E-state index contributed by atoms with van der Waals surface area (Å²) in [6, 6.07) is 6.98. The molecule has 1 heterocycles. The van der Waals surface area contributed by atoms with Gasteiger partial charge in [-0.3, -0.25) is 0 Å². The van der Waals surface area contributed by atoms with Crippen molar-refractivity contribution in [2.45, 2.75) is 32.2 Å². The van der Waals surface area contributed by atoms with Crippen molar-refractivity contribution in [2.24, 2.45) is 5.92 Å². The lowest BCUT2D eigenvalue weighted by Crippen LogP contribution is -2.32. The van der Waals surface area contributed by atoms with Gasteiger partial charge in [0.2, 0.25) is 0 Å². The molecular weight excluding hydrogens is 370 g/mol. The highest BCUT2D eigenvalue weighted by Crippen LogP contribution is 2.33. The van der Waals surface area contributed by atoms with E-state index >= 15 is 0 Å². The highest BCUT2D eigenvalue weighted by atomic mass is 79.9. The molecule has 2 rings (SSSR count). The predicted octanol–water partition coefficient (Wildman–Crippen LogP) is 4.68. The molecule has 0 bridgehead atoms. The summed E-state index contributed by atoms with van der Waals surface area (Å²) in [5.74, 6) is 0.668. The third-order valence-electron chi connectivity index (χ3n) is 3.60. The molecule has 1 N–H and O–H groups in total. The molecule has 0 spiro atoms. The highest BCUT2D eigenvalue weighted by Gasteiger charge is 2.25. The van der Waals surface area contributed by atoms with Crippen molar-refractivity contribution in [3.05, 3.63) is 32.7 Å². The number of nitrogens with one attached hydrogen (secondary N) is 1. The summed E-state index contributed by atoms with van der Waals surface area (Å²) >= 11 is 7.18. The molecule has 19 heavy (non-hydrogen) atoms. The van der Waals surface area contributed by atoms with E-state index in [1.165, 1.54) is 5.56 Å². The first-order chi connectivity index (χ1) is 9.20. The summed E-state index contributed by atoms with van der Waals surface area (Å²) in [6.45, 7) is 5.06. The first-order valence-corrected chi connectivity index (χ1v) is 8.56. The molecule has 1 unspecified atom stereocenters. The third kappa shape index (κ3) is 4.55. The molecule has 1 aliphatic rings. The van der Waals surface area contributed by atoms with Gasteiger partial charge in [-0.25, -0.2) is 0 Å². The van der Waals surface area contributed by atoms with Gasteiger partial charge in [-0.1, -0.05) is 38.8 Å². The van der Waals surface area contributed by atoms with Crippen LogP contribution in [0.25, 0.3) is 0 Å². The Morgan fingerprint density at radius 2 is 1.84 bits per heavy atom. The maximum absolute atomic E-state index is 5.49. The lowest BCUT2D eigenvalue weighted by atomic mass is 9.87. The Balaban J connectivity index is 2.19. The van der Waals surface area contributed by atoms with Gasteiger partial charge in [-0.05, 0) is 55.5 Å². The number of benzene rings is 1. The number of hydrogen-bond donors (Lipinski definition) is 1. The lowest BCUT2D eigenvalue weighted by Gasteiger charge is -2.31. The van der Waals surface area contributed by atoms with Crippen molar-refractivity contribution < 1.29 is 4.74 Å². The number of ether oxygens (including phenoxy) is 1. The van der Waals surface area contributed by atoms with Gasteiger partial charge in [0.15, 0.2) is 0 Å².